The Labute approximate surface area is 160 Å². The number of carbonyl (C=O) groups excluding carboxylic acids is 2. The van der Waals surface area contributed by atoms with Crippen molar-refractivity contribution in [1.29, 1.82) is 0 Å². The van der Waals surface area contributed by atoms with Crippen LogP contribution in [0.4, 0.5) is 11.4 Å². The predicted molar refractivity (Wildman–Crippen MR) is 106 cm³/mol. The quantitative estimate of drug-likeness (QED) is 0.807. The molecule has 3 rings (SSSR count). The molecule has 5 nitrogen and oxygen atoms in total. The van der Waals surface area contributed by atoms with Gasteiger partial charge in [-0.2, -0.15) is 0 Å². The van der Waals surface area contributed by atoms with Crippen molar-refractivity contribution in [3.63, 3.8) is 0 Å². The van der Waals surface area contributed by atoms with Crippen molar-refractivity contribution in [2.24, 2.45) is 5.92 Å². The van der Waals surface area contributed by atoms with E-state index >= 15 is 0 Å². The number of nitrogen functional groups attached to an aromatic ring is 1. The average molecular weight is 374 g/mol. The standard InChI is InChI=1S/C20H23N3O2.ClH/c1-13-3-6-15(7-4-13)11-23-12-16(9-19(23)24)20(25)22-18-10-17(21)8-5-14(18)2;/h3-8,10,16H,9,11-12,21H2,1-2H3,(H,22,25);1H. The van der Waals surface area contributed by atoms with Crippen molar-refractivity contribution in [3.05, 3.63) is 59.2 Å². The summed E-state index contributed by atoms with van der Waals surface area (Å²) in [5.41, 5.74) is 10.3. The molecule has 1 unspecified atom stereocenters. The van der Waals surface area contributed by atoms with Crippen LogP contribution >= 0.6 is 12.4 Å². The van der Waals surface area contributed by atoms with Crippen LogP contribution < -0.4 is 11.1 Å². The van der Waals surface area contributed by atoms with Gasteiger partial charge in [0.1, 0.15) is 0 Å². The Morgan fingerprint density at radius 1 is 1.19 bits per heavy atom. The summed E-state index contributed by atoms with van der Waals surface area (Å²) in [6.45, 7) is 4.93. The number of rotatable bonds is 4. The van der Waals surface area contributed by atoms with E-state index in [2.05, 4.69) is 5.32 Å². The average Bonchev–Trinajstić information content (AvgIpc) is 2.94. The van der Waals surface area contributed by atoms with Crippen molar-refractivity contribution in [3.8, 4) is 0 Å². The Morgan fingerprint density at radius 2 is 1.88 bits per heavy atom. The fourth-order valence-corrected chi connectivity index (χ4v) is 3.02. The first-order valence-electron chi connectivity index (χ1n) is 8.42. The molecule has 0 saturated carbocycles. The molecule has 1 heterocycles. The summed E-state index contributed by atoms with van der Waals surface area (Å²) >= 11 is 0. The fourth-order valence-electron chi connectivity index (χ4n) is 3.02. The minimum atomic E-state index is -0.334. The number of hydrogen-bond acceptors (Lipinski definition) is 3. The molecule has 6 heteroatoms. The highest BCUT2D eigenvalue weighted by Crippen LogP contribution is 2.24. The lowest BCUT2D eigenvalue weighted by Crippen LogP contribution is -2.28. The zero-order chi connectivity index (χ0) is 18.0. The van der Waals surface area contributed by atoms with Gasteiger partial charge in [-0.05, 0) is 37.1 Å². The fraction of sp³-hybridized carbons (Fsp3) is 0.300. The minimum absolute atomic E-state index is 0. The maximum absolute atomic E-state index is 12.5. The number of carbonyl (C=O) groups is 2. The van der Waals surface area contributed by atoms with Crippen LogP contribution in [0.2, 0.25) is 0 Å². The first-order chi connectivity index (χ1) is 11.9. The van der Waals surface area contributed by atoms with E-state index in [9.17, 15) is 9.59 Å². The van der Waals surface area contributed by atoms with Gasteiger partial charge in [0.05, 0.1) is 5.92 Å². The smallest absolute Gasteiger partial charge is 0.229 e. The molecule has 1 atom stereocenters. The molecule has 0 bridgehead atoms. The van der Waals surface area contributed by atoms with Gasteiger partial charge in [-0.15, -0.1) is 12.4 Å². The number of likely N-dealkylation sites (tertiary alicyclic amines) is 1. The van der Waals surface area contributed by atoms with Crippen LogP contribution in [0.15, 0.2) is 42.5 Å². The van der Waals surface area contributed by atoms with Gasteiger partial charge >= 0.3 is 0 Å². The highest BCUT2D eigenvalue weighted by Gasteiger charge is 2.34. The van der Waals surface area contributed by atoms with E-state index < -0.39 is 0 Å². The molecule has 1 aliphatic heterocycles. The Bertz CT molecular complexity index is 805. The van der Waals surface area contributed by atoms with Gasteiger partial charge in [0.2, 0.25) is 11.8 Å². The first-order valence-corrected chi connectivity index (χ1v) is 8.42. The van der Waals surface area contributed by atoms with Gasteiger partial charge in [-0.3, -0.25) is 9.59 Å². The molecule has 2 amide bonds. The number of anilines is 2. The molecule has 0 spiro atoms. The lowest BCUT2D eigenvalue weighted by molar-refractivity contribution is -0.128. The molecule has 2 aromatic rings. The van der Waals surface area contributed by atoms with E-state index in [1.165, 1.54) is 5.56 Å². The summed E-state index contributed by atoms with van der Waals surface area (Å²) in [4.78, 5) is 26.5. The molecule has 0 aliphatic carbocycles. The van der Waals surface area contributed by atoms with Gasteiger partial charge < -0.3 is 16.0 Å². The third-order valence-electron chi connectivity index (χ3n) is 4.60. The lowest BCUT2D eigenvalue weighted by Gasteiger charge is -2.17. The predicted octanol–water partition coefficient (Wildman–Crippen LogP) is 3.29. The third kappa shape index (κ3) is 4.55. The molecule has 2 aromatic carbocycles. The Morgan fingerprint density at radius 3 is 2.58 bits per heavy atom. The summed E-state index contributed by atoms with van der Waals surface area (Å²) in [6, 6.07) is 13.5. The molecule has 3 N–H and O–H groups in total. The number of nitrogens with zero attached hydrogens (tertiary/aromatic N) is 1. The number of amides is 2. The zero-order valence-corrected chi connectivity index (χ0v) is 15.8. The van der Waals surface area contributed by atoms with E-state index in [1.807, 2.05) is 44.2 Å². The molecule has 26 heavy (non-hydrogen) atoms. The number of benzene rings is 2. The van der Waals surface area contributed by atoms with Crippen molar-refractivity contribution < 1.29 is 9.59 Å². The van der Waals surface area contributed by atoms with Crippen LogP contribution in [0.1, 0.15) is 23.1 Å². The number of halogens is 1. The molecule has 138 valence electrons. The van der Waals surface area contributed by atoms with Crippen LogP contribution in [0, 0.1) is 19.8 Å². The molecular weight excluding hydrogens is 350 g/mol. The lowest BCUT2D eigenvalue weighted by atomic mass is 10.1. The first kappa shape index (κ1) is 19.8. The molecular formula is C20H24ClN3O2. The van der Waals surface area contributed by atoms with E-state index in [1.54, 1.807) is 17.0 Å². The highest BCUT2D eigenvalue weighted by atomic mass is 35.5. The molecule has 1 fully saturated rings. The monoisotopic (exact) mass is 373 g/mol. The van der Waals surface area contributed by atoms with Crippen LogP contribution in [0.3, 0.4) is 0 Å². The van der Waals surface area contributed by atoms with Gasteiger partial charge in [-0.1, -0.05) is 35.9 Å². The van der Waals surface area contributed by atoms with E-state index in [4.69, 9.17) is 5.73 Å². The molecule has 1 aliphatic rings. The number of aryl methyl sites for hydroxylation is 2. The summed E-state index contributed by atoms with van der Waals surface area (Å²) < 4.78 is 0. The molecule has 1 saturated heterocycles. The summed E-state index contributed by atoms with van der Waals surface area (Å²) in [5.74, 6) is -0.447. The van der Waals surface area contributed by atoms with E-state index in [0.29, 0.717) is 24.5 Å². The second-order valence-corrected chi connectivity index (χ2v) is 6.72. The van der Waals surface area contributed by atoms with Crippen LogP contribution in [0.5, 0.6) is 0 Å². The highest BCUT2D eigenvalue weighted by molar-refractivity contribution is 5.98. The normalized spacial score (nSPS) is 16.3. The number of hydrogen-bond donors (Lipinski definition) is 2. The SMILES string of the molecule is Cc1ccc(CN2CC(C(=O)Nc3cc(N)ccc3C)CC2=O)cc1.Cl. The van der Waals surface area contributed by atoms with Crippen LogP contribution in [-0.2, 0) is 16.1 Å². The van der Waals surface area contributed by atoms with Crippen molar-refractivity contribution in [1.82, 2.24) is 4.90 Å². The van der Waals surface area contributed by atoms with Crippen LogP contribution in [0.25, 0.3) is 0 Å². The number of nitrogens with two attached hydrogens (primary N) is 1. The van der Waals surface area contributed by atoms with Gasteiger partial charge in [0, 0.05) is 30.9 Å². The van der Waals surface area contributed by atoms with Gasteiger partial charge in [0.15, 0.2) is 0 Å². The Hall–Kier alpha value is -2.53. The van der Waals surface area contributed by atoms with E-state index in [-0.39, 0.29) is 36.6 Å². The van der Waals surface area contributed by atoms with E-state index in [0.717, 1.165) is 11.1 Å². The second-order valence-electron chi connectivity index (χ2n) is 6.72. The molecule has 0 aromatic heterocycles. The molecule has 0 radical (unpaired) electrons. The van der Waals surface area contributed by atoms with Crippen molar-refractivity contribution in [2.75, 3.05) is 17.6 Å². The third-order valence-corrected chi connectivity index (χ3v) is 4.60. The summed E-state index contributed by atoms with van der Waals surface area (Å²) in [5, 5.41) is 2.91. The topological polar surface area (TPSA) is 75.4 Å². The maximum Gasteiger partial charge on any atom is 0.229 e. The van der Waals surface area contributed by atoms with Crippen molar-refractivity contribution in [2.45, 2.75) is 26.8 Å². The summed E-state index contributed by atoms with van der Waals surface area (Å²) in [6.07, 6.45) is 0.249. The second kappa shape index (κ2) is 8.23. The van der Waals surface area contributed by atoms with Crippen molar-refractivity contribution >= 4 is 35.6 Å². The largest absolute Gasteiger partial charge is 0.399 e. The van der Waals surface area contributed by atoms with Gasteiger partial charge in [0.25, 0.3) is 0 Å². The van der Waals surface area contributed by atoms with Gasteiger partial charge in [-0.25, -0.2) is 0 Å². The number of nitrogens with one attached hydrogen (secondary N) is 1. The minimum Gasteiger partial charge on any atom is -0.399 e. The zero-order valence-electron chi connectivity index (χ0n) is 15.0. The Balaban J connectivity index is 0.00000243. The summed E-state index contributed by atoms with van der Waals surface area (Å²) in [7, 11) is 0. The maximum atomic E-state index is 12.5. The van der Waals surface area contributed by atoms with Crippen LogP contribution in [-0.4, -0.2) is 23.3 Å². The Kier molecular flexibility index (Phi) is 6.27.